The summed E-state index contributed by atoms with van der Waals surface area (Å²) in [5.74, 6) is -0.330. The number of esters is 1. The quantitative estimate of drug-likeness (QED) is 0.266. The van der Waals surface area contributed by atoms with Gasteiger partial charge in [-0.1, -0.05) is 34.6 Å². The van der Waals surface area contributed by atoms with Crippen molar-refractivity contribution in [2.24, 2.45) is 29.1 Å². The van der Waals surface area contributed by atoms with Gasteiger partial charge in [-0.3, -0.25) is 14.5 Å². The van der Waals surface area contributed by atoms with Crippen molar-refractivity contribution in [2.75, 3.05) is 54.5 Å². The number of rotatable bonds is 10. The predicted molar refractivity (Wildman–Crippen MR) is 185 cm³/mol. The lowest BCUT2D eigenvalue weighted by Gasteiger charge is -2.49. The molecule has 0 aromatic heterocycles. The Morgan fingerprint density at radius 1 is 1.06 bits per heavy atom. The number of nitrogens with zero attached hydrogens (tertiary/aromatic N) is 3. The van der Waals surface area contributed by atoms with Crippen molar-refractivity contribution in [1.29, 1.82) is 0 Å². The monoisotopic (exact) mass is 668 g/mol. The van der Waals surface area contributed by atoms with Gasteiger partial charge in [0.05, 0.1) is 17.8 Å². The number of aliphatic hydroxyl groups excluding tert-OH is 1. The van der Waals surface area contributed by atoms with Crippen LogP contribution in [0.25, 0.3) is 0 Å². The Morgan fingerprint density at radius 2 is 1.70 bits per heavy atom. The third-order valence-electron chi connectivity index (χ3n) is 11.3. The molecule has 2 heterocycles. The molecule has 10 heteroatoms. The van der Waals surface area contributed by atoms with E-state index in [1.165, 1.54) is 0 Å². The summed E-state index contributed by atoms with van der Waals surface area (Å²) in [5.41, 5.74) is -2.31. The predicted octanol–water partition coefficient (Wildman–Crippen LogP) is 4.46. The second-order valence-electron chi connectivity index (χ2n) is 16.6. The zero-order valence-electron chi connectivity index (χ0n) is 32.0. The van der Waals surface area contributed by atoms with E-state index in [0.717, 1.165) is 38.9 Å². The van der Waals surface area contributed by atoms with Crippen LogP contribution in [0.1, 0.15) is 94.4 Å². The SMILES string of the molecule is CCCN1C[C@H](C)C[C@@](C)(OC)[C@H](O[C@@H]2O[C@H](C)C[C@H](N(C)C)[C@H]2O)[C@@H](C)C(=O)C(C)(C)C(=O)OC[C@H]1[C@H]1C[C@H](N(C)CC(C)C)C1. The molecule has 1 N–H and O–H groups in total. The number of carbonyl (C=O) groups is 2. The second-order valence-corrected chi connectivity index (χ2v) is 16.6. The highest BCUT2D eigenvalue weighted by Crippen LogP contribution is 2.40. The molecule has 0 spiro atoms. The van der Waals surface area contributed by atoms with E-state index in [4.69, 9.17) is 18.9 Å². The molecule has 3 rings (SSSR count). The van der Waals surface area contributed by atoms with Crippen molar-refractivity contribution in [3.05, 3.63) is 0 Å². The summed E-state index contributed by atoms with van der Waals surface area (Å²) in [6.45, 7) is 21.1. The highest BCUT2D eigenvalue weighted by atomic mass is 16.7. The van der Waals surface area contributed by atoms with Crippen molar-refractivity contribution >= 4 is 11.8 Å². The molecule has 3 aliphatic rings. The van der Waals surface area contributed by atoms with Gasteiger partial charge in [0.15, 0.2) is 12.1 Å². The lowest BCUT2D eigenvalue weighted by Crippen LogP contribution is -2.59. The Kier molecular flexibility index (Phi) is 14.3. The first-order chi connectivity index (χ1) is 21.9. The molecule has 0 amide bonds. The van der Waals surface area contributed by atoms with Crippen LogP contribution in [0.5, 0.6) is 0 Å². The molecule has 0 aromatic carbocycles. The van der Waals surface area contributed by atoms with Gasteiger partial charge in [-0.2, -0.15) is 0 Å². The van der Waals surface area contributed by atoms with Gasteiger partial charge in [-0.25, -0.2) is 0 Å². The first-order valence-corrected chi connectivity index (χ1v) is 18.2. The van der Waals surface area contributed by atoms with Gasteiger partial charge in [0.25, 0.3) is 0 Å². The van der Waals surface area contributed by atoms with E-state index >= 15 is 0 Å². The summed E-state index contributed by atoms with van der Waals surface area (Å²) >= 11 is 0. The van der Waals surface area contributed by atoms with Gasteiger partial charge < -0.3 is 33.9 Å². The zero-order chi connectivity index (χ0) is 35.4. The molecular formula is C37H69N3O7. The van der Waals surface area contributed by atoms with Gasteiger partial charge in [0.2, 0.25) is 0 Å². The average molecular weight is 668 g/mol. The number of aliphatic hydroxyl groups is 1. The van der Waals surface area contributed by atoms with Gasteiger partial charge in [0, 0.05) is 44.2 Å². The Morgan fingerprint density at radius 3 is 2.26 bits per heavy atom. The van der Waals surface area contributed by atoms with Crippen LogP contribution >= 0.6 is 0 Å². The van der Waals surface area contributed by atoms with Crippen LogP contribution in [0.2, 0.25) is 0 Å². The fourth-order valence-corrected chi connectivity index (χ4v) is 8.46. The largest absolute Gasteiger partial charge is 0.463 e. The van der Waals surface area contributed by atoms with E-state index in [1.807, 2.05) is 32.8 Å². The van der Waals surface area contributed by atoms with Gasteiger partial charge >= 0.3 is 5.97 Å². The number of cyclic esters (lactones) is 1. The third-order valence-corrected chi connectivity index (χ3v) is 11.3. The number of methoxy groups -OCH3 is 1. The number of ether oxygens (including phenoxy) is 4. The molecule has 47 heavy (non-hydrogen) atoms. The van der Waals surface area contributed by atoms with Crippen molar-refractivity contribution in [3.63, 3.8) is 0 Å². The van der Waals surface area contributed by atoms with Crippen molar-refractivity contribution < 1.29 is 33.6 Å². The summed E-state index contributed by atoms with van der Waals surface area (Å²) in [6, 6.07) is 0.439. The standard InChI is InChI=1S/C37H69N3O7/c1-14-15-40-21-24(4)19-37(9,44-13)33(47-34-31(41)29(38(10)11)16-25(5)46-34)26(6)32(42)36(7,8)35(43)45-22-30(40)27-17-28(18-27)39(12)20-23(2)3/h23-31,33-34,41H,14-22H2,1-13H3/t24-,25-,26+,27-,28-,29+,30+,31-,33-,34+,37-/m1/s1. The minimum atomic E-state index is -1.40. The van der Waals surface area contributed by atoms with E-state index in [9.17, 15) is 14.7 Å². The molecule has 274 valence electrons. The summed E-state index contributed by atoms with van der Waals surface area (Å²) in [6.07, 6.45) is 1.59. The maximum absolute atomic E-state index is 14.3. The Labute approximate surface area is 286 Å². The van der Waals surface area contributed by atoms with Gasteiger partial charge in [-0.15, -0.1) is 0 Å². The van der Waals surface area contributed by atoms with Crippen LogP contribution in [0.15, 0.2) is 0 Å². The summed E-state index contributed by atoms with van der Waals surface area (Å²) < 4.78 is 25.3. The smallest absolute Gasteiger partial charge is 0.319 e. The topological polar surface area (TPSA) is 101 Å². The van der Waals surface area contributed by atoms with E-state index in [0.29, 0.717) is 30.7 Å². The second kappa shape index (κ2) is 16.7. The molecule has 1 saturated carbocycles. The molecule has 10 nitrogen and oxygen atoms in total. The fourth-order valence-electron chi connectivity index (χ4n) is 8.46. The van der Waals surface area contributed by atoms with Crippen molar-refractivity contribution in [2.45, 2.75) is 143 Å². The maximum Gasteiger partial charge on any atom is 0.319 e. The summed E-state index contributed by atoms with van der Waals surface area (Å²) in [5, 5.41) is 11.4. The molecule has 0 aromatic rings. The summed E-state index contributed by atoms with van der Waals surface area (Å²) in [4.78, 5) is 35.1. The highest BCUT2D eigenvalue weighted by molar-refractivity contribution is 6.04. The van der Waals surface area contributed by atoms with E-state index in [2.05, 4.69) is 44.5 Å². The van der Waals surface area contributed by atoms with Crippen molar-refractivity contribution in [1.82, 2.24) is 14.7 Å². The first-order valence-electron chi connectivity index (χ1n) is 18.2. The zero-order valence-corrected chi connectivity index (χ0v) is 32.0. The van der Waals surface area contributed by atoms with E-state index in [1.54, 1.807) is 27.9 Å². The number of hydrogen-bond acceptors (Lipinski definition) is 10. The van der Waals surface area contributed by atoms with Crippen LogP contribution in [0.4, 0.5) is 0 Å². The van der Waals surface area contributed by atoms with Crippen LogP contribution in [0.3, 0.4) is 0 Å². The Bertz CT molecular complexity index is 1020. The minimum absolute atomic E-state index is 0.0743. The molecule has 0 radical (unpaired) electrons. The van der Waals surface area contributed by atoms with Crippen LogP contribution < -0.4 is 0 Å². The molecule has 2 saturated heterocycles. The molecule has 2 aliphatic heterocycles. The minimum Gasteiger partial charge on any atom is -0.463 e. The Hall–Kier alpha value is -1.14. The number of Topliss-reactive ketones (excluding diaryl/α,β-unsaturated/α-hetero) is 1. The van der Waals surface area contributed by atoms with E-state index < -0.39 is 41.4 Å². The first kappa shape index (κ1) is 40.3. The lowest BCUT2D eigenvalue weighted by atomic mass is 9.73. The van der Waals surface area contributed by atoms with E-state index in [-0.39, 0.29) is 36.5 Å². The number of hydrogen-bond donors (Lipinski definition) is 1. The maximum atomic E-state index is 14.3. The van der Waals surface area contributed by atoms with Crippen LogP contribution in [-0.4, -0.2) is 134 Å². The third kappa shape index (κ3) is 9.56. The molecular weight excluding hydrogens is 598 g/mol. The molecule has 3 fully saturated rings. The van der Waals surface area contributed by atoms with Gasteiger partial charge in [0.1, 0.15) is 18.1 Å². The molecule has 0 bridgehead atoms. The van der Waals surface area contributed by atoms with Gasteiger partial charge in [-0.05, 0) is 105 Å². The molecule has 9 atom stereocenters. The summed E-state index contributed by atoms with van der Waals surface area (Å²) in [7, 11) is 7.75. The fraction of sp³-hybridized carbons (Fsp3) is 0.946. The number of ketones is 1. The molecule has 1 aliphatic carbocycles. The van der Waals surface area contributed by atoms with Crippen LogP contribution in [-0.2, 0) is 28.5 Å². The van der Waals surface area contributed by atoms with Crippen LogP contribution in [0, 0.1) is 29.1 Å². The Balaban J connectivity index is 1.98. The van der Waals surface area contributed by atoms with Crippen molar-refractivity contribution in [3.8, 4) is 0 Å². The number of carbonyl (C=O) groups excluding carboxylic acids is 2. The number of likely N-dealkylation sites (N-methyl/N-ethyl adjacent to an activating group) is 1. The lowest BCUT2D eigenvalue weighted by molar-refractivity contribution is -0.295. The molecule has 0 unspecified atom stereocenters. The normalized spacial score (nSPS) is 39.7. The highest BCUT2D eigenvalue weighted by Gasteiger charge is 2.52. The average Bonchev–Trinajstić information content (AvgIpc) is 2.95.